The highest BCUT2D eigenvalue weighted by atomic mass is 32.2. The summed E-state index contributed by atoms with van der Waals surface area (Å²) in [6.07, 6.45) is 0.890. The first-order chi connectivity index (χ1) is 9.97. The standard InChI is InChI=1S/C13H19N5O2S/c1-9-7-10(2)18(16-9)6-4-5-17-11(3)14-15-13(17)21-8-12(19)20/h7H,4-6,8H2,1-3H3,(H,19,20). The van der Waals surface area contributed by atoms with Gasteiger partial charge in [0, 0.05) is 18.8 Å². The summed E-state index contributed by atoms with van der Waals surface area (Å²) in [7, 11) is 0. The van der Waals surface area contributed by atoms with Crippen molar-refractivity contribution in [3.63, 3.8) is 0 Å². The van der Waals surface area contributed by atoms with Gasteiger partial charge in [0.25, 0.3) is 0 Å². The molecule has 0 fully saturated rings. The van der Waals surface area contributed by atoms with Gasteiger partial charge in [0.15, 0.2) is 5.16 Å². The molecule has 0 aliphatic carbocycles. The van der Waals surface area contributed by atoms with Gasteiger partial charge in [-0.05, 0) is 33.3 Å². The number of thioether (sulfide) groups is 1. The summed E-state index contributed by atoms with van der Waals surface area (Å²) >= 11 is 1.20. The summed E-state index contributed by atoms with van der Waals surface area (Å²) in [6.45, 7) is 7.47. The second-order valence-electron chi connectivity index (χ2n) is 4.87. The number of rotatable bonds is 7. The van der Waals surface area contributed by atoms with Gasteiger partial charge in [-0.3, -0.25) is 9.48 Å². The number of nitrogens with zero attached hydrogens (tertiary/aromatic N) is 5. The SMILES string of the molecule is Cc1cc(C)n(CCCn2c(C)nnc2SCC(=O)O)n1. The van der Waals surface area contributed by atoms with Crippen molar-refractivity contribution in [2.24, 2.45) is 0 Å². The van der Waals surface area contributed by atoms with Crippen LogP contribution in [0.4, 0.5) is 0 Å². The lowest BCUT2D eigenvalue weighted by Gasteiger charge is -2.08. The van der Waals surface area contributed by atoms with E-state index in [-0.39, 0.29) is 5.75 Å². The van der Waals surface area contributed by atoms with E-state index in [9.17, 15) is 4.79 Å². The van der Waals surface area contributed by atoms with Crippen molar-refractivity contribution >= 4 is 17.7 Å². The molecule has 0 unspecified atom stereocenters. The van der Waals surface area contributed by atoms with E-state index in [2.05, 4.69) is 21.4 Å². The van der Waals surface area contributed by atoms with E-state index in [1.54, 1.807) is 0 Å². The first-order valence-corrected chi connectivity index (χ1v) is 7.71. The van der Waals surface area contributed by atoms with Crippen LogP contribution in [0.5, 0.6) is 0 Å². The van der Waals surface area contributed by atoms with E-state index in [0.29, 0.717) is 5.16 Å². The molecule has 2 heterocycles. The number of carboxylic acids is 1. The van der Waals surface area contributed by atoms with Crippen molar-refractivity contribution < 1.29 is 9.90 Å². The second kappa shape index (κ2) is 6.75. The van der Waals surface area contributed by atoms with Gasteiger partial charge in [-0.25, -0.2) is 0 Å². The van der Waals surface area contributed by atoms with Gasteiger partial charge in [-0.15, -0.1) is 10.2 Å². The predicted molar refractivity (Wildman–Crippen MR) is 79.4 cm³/mol. The Morgan fingerprint density at radius 2 is 2.05 bits per heavy atom. The van der Waals surface area contributed by atoms with E-state index >= 15 is 0 Å². The van der Waals surface area contributed by atoms with Gasteiger partial charge < -0.3 is 9.67 Å². The molecule has 0 radical (unpaired) electrons. The molecule has 1 N–H and O–H groups in total. The summed E-state index contributed by atoms with van der Waals surface area (Å²) in [4.78, 5) is 10.6. The van der Waals surface area contributed by atoms with E-state index in [1.165, 1.54) is 11.8 Å². The number of hydrogen-bond donors (Lipinski definition) is 1. The third kappa shape index (κ3) is 4.07. The summed E-state index contributed by atoms with van der Waals surface area (Å²) in [5.74, 6) is -0.0543. The summed E-state index contributed by atoms with van der Waals surface area (Å²) < 4.78 is 3.94. The zero-order valence-electron chi connectivity index (χ0n) is 12.4. The highest BCUT2D eigenvalue weighted by Crippen LogP contribution is 2.17. The Balaban J connectivity index is 1.95. The van der Waals surface area contributed by atoms with Crippen LogP contribution in [0.1, 0.15) is 23.6 Å². The number of carbonyl (C=O) groups is 1. The van der Waals surface area contributed by atoms with Crippen molar-refractivity contribution in [2.45, 2.75) is 45.4 Å². The molecule has 0 bridgehead atoms. The van der Waals surface area contributed by atoms with E-state index in [4.69, 9.17) is 5.11 Å². The normalized spacial score (nSPS) is 11.0. The number of aliphatic carboxylic acids is 1. The Hall–Kier alpha value is -1.83. The van der Waals surface area contributed by atoms with Crippen molar-refractivity contribution in [2.75, 3.05) is 5.75 Å². The predicted octanol–water partition coefficient (Wildman–Crippen LogP) is 1.67. The molecule has 2 aromatic heterocycles. The fourth-order valence-electron chi connectivity index (χ4n) is 2.13. The molecule has 2 aromatic rings. The summed E-state index contributed by atoms with van der Waals surface area (Å²) in [5.41, 5.74) is 2.17. The summed E-state index contributed by atoms with van der Waals surface area (Å²) in [6, 6.07) is 2.05. The molecular formula is C13H19N5O2S. The molecule has 114 valence electrons. The fourth-order valence-corrected chi connectivity index (χ4v) is 2.86. The quantitative estimate of drug-likeness (QED) is 0.783. The zero-order valence-corrected chi connectivity index (χ0v) is 13.2. The van der Waals surface area contributed by atoms with E-state index in [1.807, 2.05) is 30.0 Å². The lowest BCUT2D eigenvalue weighted by molar-refractivity contribution is -0.133. The zero-order chi connectivity index (χ0) is 15.4. The molecule has 7 nitrogen and oxygen atoms in total. The first-order valence-electron chi connectivity index (χ1n) is 6.73. The monoisotopic (exact) mass is 309 g/mol. The largest absolute Gasteiger partial charge is 0.481 e. The minimum absolute atomic E-state index is 0.00437. The number of hydrogen-bond acceptors (Lipinski definition) is 5. The molecule has 0 saturated heterocycles. The smallest absolute Gasteiger partial charge is 0.313 e. The maximum absolute atomic E-state index is 10.6. The third-order valence-corrected chi connectivity index (χ3v) is 4.03. The van der Waals surface area contributed by atoms with Gasteiger partial charge in [0.05, 0.1) is 11.4 Å². The fraction of sp³-hybridized carbons (Fsp3) is 0.538. The molecule has 0 atom stereocenters. The Morgan fingerprint density at radius 1 is 1.29 bits per heavy atom. The highest BCUT2D eigenvalue weighted by molar-refractivity contribution is 7.99. The van der Waals surface area contributed by atoms with Crippen LogP contribution >= 0.6 is 11.8 Å². The van der Waals surface area contributed by atoms with Crippen LogP contribution < -0.4 is 0 Å². The lowest BCUT2D eigenvalue weighted by atomic mass is 10.4. The van der Waals surface area contributed by atoms with E-state index < -0.39 is 5.97 Å². The number of aryl methyl sites for hydroxylation is 4. The minimum atomic E-state index is -0.852. The Labute approximate surface area is 127 Å². The minimum Gasteiger partial charge on any atom is -0.481 e. The molecule has 0 aliphatic rings. The molecule has 21 heavy (non-hydrogen) atoms. The van der Waals surface area contributed by atoms with Crippen LogP contribution in [-0.2, 0) is 17.9 Å². The van der Waals surface area contributed by atoms with Crippen LogP contribution in [0.25, 0.3) is 0 Å². The summed E-state index contributed by atoms with van der Waals surface area (Å²) in [5, 5.41) is 21.9. The molecule has 0 aromatic carbocycles. The van der Waals surface area contributed by atoms with Gasteiger partial charge in [0.1, 0.15) is 5.82 Å². The molecular weight excluding hydrogens is 290 g/mol. The highest BCUT2D eigenvalue weighted by Gasteiger charge is 2.11. The van der Waals surface area contributed by atoms with Gasteiger partial charge >= 0.3 is 5.97 Å². The van der Waals surface area contributed by atoms with Gasteiger partial charge in [0.2, 0.25) is 0 Å². The average Bonchev–Trinajstić information content (AvgIpc) is 2.91. The molecule has 0 spiro atoms. The second-order valence-corrected chi connectivity index (χ2v) is 5.81. The first kappa shape index (κ1) is 15.6. The Bertz CT molecular complexity index is 635. The van der Waals surface area contributed by atoms with Crippen LogP contribution in [0, 0.1) is 20.8 Å². The van der Waals surface area contributed by atoms with Crippen molar-refractivity contribution in [1.82, 2.24) is 24.5 Å². The molecule has 2 rings (SSSR count). The van der Waals surface area contributed by atoms with Gasteiger partial charge in [-0.1, -0.05) is 11.8 Å². The Morgan fingerprint density at radius 3 is 2.67 bits per heavy atom. The van der Waals surface area contributed by atoms with Gasteiger partial charge in [-0.2, -0.15) is 5.10 Å². The van der Waals surface area contributed by atoms with Crippen LogP contribution in [0.2, 0.25) is 0 Å². The van der Waals surface area contributed by atoms with Crippen molar-refractivity contribution in [3.05, 3.63) is 23.3 Å². The van der Waals surface area contributed by atoms with Crippen molar-refractivity contribution in [1.29, 1.82) is 0 Å². The van der Waals surface area contributed by atoms with Crippen molar-refractivity contribution in [3.8, 4) is 0 Å². The number of carboxylic acid groups (broad SMARTS) is 1. The Kier molecular flexibility index (Phi) is 5.00. The lowest BCUT2D eigenvalue weighted by Crippen LogP contribution is -2.09. The molecule has 0 saturated carbocycles. The molecule has 0 aliphatic heterocycles. The topological polar surface area (TPSA) is 85.8 Å². The number of aromatic nitrogens is 5. The van der Waals surface area contributed by atoms with Crippen LogP contribution in [-0.4, -0.2) is 41.4 Å². The average molecular weight is 309 g/mol. The molecule has 8 heteroatoms. The third-order valence-electron chi connectivity index (χ3n) is 3.08. The maximum atomic E-state index is 10.6. The van der Waals surface area contributed by atoms with E-state index in [0.717, 1.165) is 36.7 Å². The maximum Gasteiger partial charge on any atom is 0.313 e. The van der Waals surface area contributed by atoms with Crippen LogP contribution in [0.3, 0.4) is 0 Å². The molecule has 0 amide bonds. The van der Waals surface area contributed by atoms with Crippen LogP contribution in [0.15, 0.2) is 11.2 Å².